The van der Waals surface area contributed by atoms with Gasteiger partial charge in [-0.3, -0.25) is 4.79 Å². The van der Waals surface area contributed by atoms with Gasteiger partial charge in [0.2, 0.25) is 5.95 Å². The van der Waals surface area contributed by atoms with Crippen molar-refractivity contribution in [2.75, 3.05) is 18.0 Å². The van der Waals surface area contributed by atoms with Crippen LogP contribution in [0.2, 0.25) is 0 Å². The molecule has 0 aliphatic heterocycles. The Bertz CT molecular complexity index is 761. The van der Waals surface area contributed by atoms with Gasteiger partial charge in [-0.15, -0.1) is 13.2 Å². The van der Waals surface area contributed by atoms with Gasteiger partial charge in [0.15, 0.2) is 0 Å². The molecule has 0 atom stereocenters. The molecule has 0 saturated heterocycles. The van der Waals surface area contributed by atoms with E-state index in [4.69, 9.17) is 5.73 Å². The number of benzene rings is 1. The molecule has 0 radical (unpaired) electrons. The Morgan fingerprint density at radius 3 is 2.44 bits per heavy atom. The van der Waals surface area contributed by atoms with Crippen molar-refractivity contribution >= 4 is 11.9 Å². The molecule has 0 bridgehead atoms. The Kier molecular flexibility index (Phi) is 5.45. The number of halogens is 3. The van der Waals surface area contributed by atoms with E-state index in [2.05, 4.69) is 14.7 Å². The number of carbonyl (C=O) groups is 1. The van der Waals surface area contributed by atoms with Crippen LogP contribution in [0, 0.1) is 0 Å². The first kappa shape index (κ1) is 18.5. The molecule has 0 saturated carbocycles. The molecule has 25 heavy (non-hydrogen) atoms. The van der Waals surface area contributed by atoms with Crippen LogP contribution in [0.5, 0.6) is 5.75 Å². The lowest BCUT2D eigenvalue weighted by Crippen LogP contribution is -2.26. The van der Waals surface area contributed by atoms with E-state index < -0.39 is 12.3 Å². The summed E-state index contributed by atoms with van der Waals surface area (Å²) in [7, 11) is 0. The average Bonchev–Trinajstić information content (AvgIpc) is 2.54. The van der Waals surface area contributed by atoms with Crippen LogP contribution in [0.25, 0.3) is 11.3 Å². The highest BCUT2D eigenvalue weighted by molar-refractivity contribution is 5.92. The largest absolute Gasteiger partial charge is 0.573 e. The normalized spacial score (nSPS) is 11.2. The number of ether oxygens (including phenoxy) is 1. The first-order chi connectivity index (χ1) is 11.7. The number of anilines is 1. The second kappa shape index (κ2) is 7.37. The zero-order valence-corrected chi connectivity index (χ0v) is 13.7. The summed E-state index contributed by atoms with van der Waals surface area (Å²) in [4.78, 5) is 21.8. The number of hydrogen-bond acceptors (Lipinski definition) is 5. The Hall–Kier alpha value is -2.84. The molecular weight excluding hydrogens is 337 g/mol. The SMILES string of the molecule is CCN(CC)c1nc(C(N)=O)cc(-c2cccc(OC(F)(F)F)c2)n1. The molecule has 6 nitrogen and oxygen atoms in total. The van der Waals surface area contributed by atoms with Gasteiger partial charge in [-0.1, -0.05) is 12.1 Å². The van der Waals surface area contributed by atoms with Crippen molar-refractivity contribution in [3.63, 3.8) is 0 Å². The number of rotatable bonds is 6. The third-order valence-corrected chi connectivity index (χ3v) is 3.38. The number of nitrogens with two attached hydrogens (primary N) is 1. The second-order valence-electron chi connectivity index (χ2n) is 5.05. The highest BCUT2D eigenvalue weighted by atomic mass is 19.4. The molecule has 2 aromatic rings. The maximum Gasteiger partial charge on any atom is 0.573 e. The lowest BCUT2D eigenvalue weighted by Gasteiger charge is -2.19. The van der Waals surface area contributed by atoms with Crippen molar-refractivity contribution in [3.05, 3.63) is 36.0 Å². The first-order valence-corrected chi connectivity index (χ1v) is 7.53. The van der Waals surface area contributed by atoms with Gasteiger partial charge < -0.3 is 15.4 Å². The Balaban J connectivity index is 2.51. The molecule has 0 unspecified atom stereocenters. The number of alkyl halides is 3. The third-order valence-electron chi connectivity index (χ3n) is 3.38. The van der Waals surface area contributed by atoms with Crippen LogP contribution in [0.3, 0.4) is 0 Å². The van der Waals surface area contributed by atoms with E-state index >= 15 is 0 Å². The monoisotopic (exact) mass is 354 g/mol. The van der Waals surface area contributed by atoms with Crippen LogP contribution >= 0.6 is 0 Å². The number of aromatic nitrogens is 2. The lowest BCUT2D eigenvalue weighted by atomic mass is 10.1. The molecule has 9 heteroatoms. The summed E-state index contributed by atoms with van der Waals surface area (Å²) >= 11 is 0. The van der Waals surface area contributed by atoms with Gasteiger partial charge in [0.25, 0.3) is 5.91 Å². The molecule has 134 valence electrons. The van der Waals surface area contributed by atoms with Crippen LogP contribution in [-0.4, -0.2) is 35.3 Å². The number of nitrogens with zero attached hydrogens (tertiary/aromatic N) is 3. The van der Waals surface area contributed by atoms with E-state index in [0.29, 0.717) is 18.7 Å². The molecular formula is C16H17F3N4O2. The van der Waals surface area contributed by atoms with Gasteiger partial charge >= 0.3 is 6.36 Å². The summed E-state index contributed by atoms with van der Waals surface area (Å²) in [6.07, 6.45) is -4.80. The third kappa shape index (κ3) is 4.82. The van der Waals surface area contributed by atoms with Crippen molar-refractivity contribution in [1.29, 1.82) is 0 Å². The maximum atomic E-state index is 12.4. The highest BCUT2D eigenvalue weighted by Crippen LogP contribution is 2.28. The molecule has 1 heterocycles. The summed E-state index contributed by atoms with van der Waals surface area (Å²) in [5.41, 5.74) is 5.91. The summed E-state index contributed by atoms with van der Waals surface area (Å²) in [6.45, 7) is 4.97. The highest BCUT2D eigenvalue weighted by Gasteiger charge is 2.31. The number of primary amides is 1. The van der Waals surface area contributed by atoms with E-state index in [1.807, 2.05) is 13.8 Å². The summed E-state index contributed by atoms with van der Waals surface area (Å²) in [5, 5.41) is 0. The number of hydrogen-bond donors (Lipinski definition) is 1. The van der Waals surface area contributed by atoms with Crippen LogP contribution in [0.15, 0.2) is 30.3 Å². The minimum atomic E-state index is -4.80. The fraction of sp³-hybridized carbons (Fsp3) is 0.312. The molecule has 0 spiro atoms. The predicted octanol–water partition coefficient (Wildman–Crippen LogP) is 2.99. The zero-order chi connectivity index (χ0) is 18.6. The van der Waals surface area contributed by atoms with Crippen molar-refractivity contribution in [3.8, 4) is 17.0 Å². The van der Waals surface area contributed by atoms with Gasteiger partial charge in [-0.2, -0.15) is 0 Å². The predicted molar refractivity (Wildman–Crippen MR) is 86.2 cm³/mol. The first-order valence-electron chi connectivity index (χ1n) is 7.53. The van der Waals surface area contributed by atoms with E-state index in [1.165, 1.54) is 24.3 Å². The summed E-state index contributed by atoms with van der Waals surface area (Å²) < 4.78 is 41.1. The van der Waals surface area contributed by atoms with Gasteiger partial charge in [0, 0.05) is 18.7 Å². The van der Waals surface area contributed by atoms with E-state index in [9.17, 15) is 18.0 Å². The minimum absolute atomic E-state index is 0.0194. The Morgan fingerprint density at radius 2 is 1.88 bits per heavy atom. The quantitative estimate of drug-likeness (QED) is 0.862. The van der Waals surface area contributed by atoms with E-state index in [1.54, 1.807) is 11.0 Å². The van der Waals surface area contributed by atoms with Gasteiger partial charge in [-0.25, -0.2) is 9.97 Å². The zero-order valence-electron chi connectivity index (χ0n) is 13.7. The maximum absolute atomic E-state index is 12.4. The molecule has 2 rings (SSSR count). The topological polar surface area (TPSA) is 81.3 Å². The molecule has 1 amide bonds. The molecule has 1 aromatic heterocycles. The average molecular weight is 354 g/mol. The number of carbonyl (C=O) groups excluding carboxylic acids is 1. The fourth-order valence-corrected chi connectivity index (χ4v) is 2.21. The van der Waals surface area contributed by atoms with Gasteiger partial charge in [-0.05, 0) is 32.0 Å². The summed E-state index contributed by atoms with van der Waals surface area (Å²) in [6, 6.07) is 6.66. The minimum Gasteiger partial charge on any atom is -0.406 e. The van der Waals surface area contributed by atoms with Gasteiger partial charge in [0.05, 0.1) is 5.69 Å². The van der Waals surface area contributed by atoms with Crippen LogP contribution in [-0.2, 0) is 0 Å². The number of amides is 1. The van der Waals surface area contributed by atoms with Crippen molar-refractivity contribution in [2.24, 2.45) is 5.73 Å². The van der Waals surface area contributed by atoms with E-state index in [-0.39, 0.29) is 23.1 Å². The van der Waals surface area contributed by atoms with Crippen molar-refractivity contribution < 1.29 is 22.7 Å². The molecule has 1 aromatic carbocycles. The molecule has 0 aliphatic carbocycles. The van der Waals surface area contributed by atoms with Gasteiger partial charge in [0.1, 0.15) is 11.4 Å². The van der Waals surface area contributed by atoms with Crippen LogP contribution in [0.4, 0.5) is 19.1 Å². The second-order valence-corrected chi connectivity index (χ2v) is 5.05. The lowest BCUT2D eigenvalue weighted by molar-refractivity contribution is -0.274. The van der Waals surface area contributed by atoms with Crippen LogP contribution < -0.4 is 15.4 Å². The fourth-order valence-electron chi connectivity index (χ4n) is 2.21. The Morgan fingerprint density at radius 1 is 1.20 bits per heavy atom. The summed E-state index contributed by atoms with van der Waals surface area (Å²) in [5.74, 6) is -0.855. The van der Waals surface area contributed by atoms with E-state index in [0.717, 1.165) is 0 Å². The standard InChI is InChI=1S/C16H17F3N4O2/c1-3-23(4-2)15-21-12(9-13(22-15)14(20)24)10-6-5-7-11(8-10)25-16(17,18)19/h5-9H,3-4H2,1-2H3,(H2,20,24). The van der Waals surface area contributed by atoms with Crippen molar-refractivity contribution in [2.45, 2.75) is 20.2 Å². The molecule has 2 N–H and O–H groups in total. The van der Waals surface area contributed by atoms with Crippen LogP contribution in [0.1, 0.15) is 24.3 Å². The smallest absolute Gasteiger partial charge is 0.406 e. The Labute approximate surface area is 142 Å². The van der Waals surface area contributed by atoms with Crippen molar-refractivity contribution in [1.82, 2.24) is 9.97 Å². The molecule has 0 aliphatic rings. The molecule has 0 fully saturated rings.